The first-order valence-electron chi connectivity index (χ1n) is 9.71. The summed E-state index contributed by atoms with van der Waals surface area (Å²) in [4.78, 5) is 3.18. The summed E-state index contributed by atoms with van der Waals surface area (Å²) in [6, 6.07) is 9.61. The lowest BCUT2D eigenvalue weighted by atomic mass is 9.85. The average molecular weight is 342 g/mol. The Hall–Kier alpha value is -1.12. The number of benzene rings is 1. The third-order valence-corrected chi connectivity index (χ3v) is 6.58. The van der Waals surface area contributed by atoms with Crippen LogP contribution < -0.4 is 5.73 Å². The molecular weight excluding hydrogens is 310 g/mol. The first-order valence-corrected chi connectivity index (χ1v) is 10.5. The minimum Gasteiger partial charge on any atom is -0.330 e. The number of nitrogens with two attached hydrogens (primary N) is 1. The van der Waals surface area contributed by atoms with Crippen molar-refractivity contribution in [1.82, 2.24) is 0 Å². The van der Waals surface area contributed by atoms with E-state index in [1.165, 1.54) is 73.6 Å². The Morgan fingerprint density at radius 3 is 2.67 bits per heavy atom. The Balaban J connectivity index is 1.84. The second-order valence-corrected chi connectivity index (χ2v) is 8.37. The maximum absolute atomic E-state index is 6.01. The number of hydrogen-bond donors (Lipinski definition) is 1. The summed E-state index contributed by atoms with van der Waals surface area (Å²) in [6.45, 7) is 5.29. The van der Waals surface area contributed by atoms with Crippen LogP contribution in [-0.2, 0) is 19.3 Å². The van der Waals surface area contributed by atoms with Gasteiger partial charge in [-0.15, -0.1) is 11.3 Å². The molecule has 1 heterocycles. The van der Waals surface area contributed by atoms with Crippen LogP contribution in [0.4, 0.5) is 0 Å². The zero-order chi connectivity index (χ0) is 16.9. The van der Waals surface area contributed by atoms with Crippen LogP contribution in [0.15, 0.2) is 24.3 Å². The lowest BCUT2D eigenvalue weighted by molar-refractivity contribution is 0.621. The minimum absolute atomic E-state index is 0.522. The predicted octanol–water partition coefficient (Wildman–Crippen LogP) is 6.09. The largest absolute Gasteiger partial charge is 0.330 e. The van der Waals surface area contributed by atoms with Crippen LogP contribution in [0.1, 0.15) is 72.8 Å². The average Bonchev–Trinajstić information content (AvgIpc) is 3.02. The van der Waals surface area contributed by atoms with Crippen molar-refractivity contribution in [3.8, 4) is 11.1 Å². The molecule has 0 bridgehead atoms. The first-order chi connectivity index (χ1) is 11.8. The monoisotopic (exact) mass is 341 g/mol. The van der Waals surface area contributed by atoms with Crippen LogP contribution in [0.2, 0.25) is 0 Å². The summed E-state index contributed by atoms with van der Waals surface area (Å²) in [7, 11) is 0. The molecule has 1 unspecified atom stereocenters. The molecule has 1 aromatic carbocycles. The van der Waals surface area contributed by atoms with Crippen LogP contribution in [0.3, 0.4) is 0 Å². The summed E-state index contributed by atoms with van der Waals surface area (Å²) in [5.74, 6) is 0.522. The number of hydrogen-bond acceptors (Lipinski definition) is 2. The van der Waals surface area contributed by atoms with Gasteiger partial charge in [-0.05, 0) is 72.9 Å². The van der Waals surface area contributed by atoms with Gasteiger partial charge in [0.2, 0.25) is 0 Å². The number of rotatable bonds is 8. The van der Waals surface area contributed by atoms with E-state index in [0.29, 0.717) is 5.92 Å². The normalized spacial score (nSPS) is 14.3. The summed E-state index contributed by atoms with van der Waals surface area (Å²) >= 11 is 2.05. The summed E-state index contributed by atoms with van der Waals surface area (Å²) in [5.41, 5.74) is 12.0. The van der Waals surface area contributed by atoms with Crippen LogP contribution in [-0.4, -0.2) is 6.54 Å². The van der Waals surface area contributed by atoms with Crippen molar-refractivity contribution in [2.75, 3.05) is 6.54 Å². The first kappa shape index (κ1) is 17.7. The van der Waals surface area contributed by atoms with E-state index in [1.807, 2.05) is 0 Å². The molecule has 24 heavy (non-hydrogen) atoms. The van der Waals surface area contributed by atoms with E-state index in [0.717, 1.165) is 6.54 Å². The molecule has 2 aromatic rings. The molecule has 0 aliphatic heterocycles. The summed E-state index contributed by atoms with van der Waals surface area (Å²) in [6.07, 6.45) is 10.0. The van der Waals surface area contributed by atoms with E-state index < -0.39 is 0 Å². The van der Waals surface area contributed by atoms with Crippen LogP contribution >= 0.6 is 11.3 Å². The highest BCUT2D eigenvalue weighted by Gasteiger charge is 2.20. The summed E-state index contributed by atoms with van der Waals surface area (Å²) < 4.78 is 0. The molecule has 0 spiro atoms. The quantitative estimate of drug-likeness (QED) is 0.578. The van der Waals surface area contributed by atoms with Gasteiger partial charge in [0.25, 0.3) is 0 Å². The van der Waals surface area contributed by atoms with Crippen molar-refractivity contribution >= 4 is 11.3 Å². The molecule has 1 aliphatic rings. The van der Waals surface area contributed by atoms with Crippen molar-refractivity contribution < 1.29 is 0 Å². The Labute approximate surface area is 151 Å². The number of thiophene rings is 1. The molecule has 1 nitrogen and oxygen atoms in total. The fourth-order valence-electron chi connectivity index (χ4n) is 3.92. The Kier molecular flexibility index (Phi) is 6.13. The third kappa shape index (κ3) is 3.75. The SMILES string of the molecule is CCCCCc1cc2c(s1)CCc1cc(C(CN)CCC)ccc1-2. The van der Waals surface area contributed by atoms with Gasteiger partial charge in [0.15, 0.2) is 0 Å². The fraction of sp³-hybridized carbons (Fsp3) is 0.545. The third-order valence-electron chi connectivity index (χ3n) is 5.32. The van der Waals surface area contributed by atoms with E-state index in [9.17, 15) is 0 Å². The highest BCUT2D eigenvalue weighted by atomic mass is 32.1. The van der Waals surface area contributed by atoms with Crippen molar-refractivity contribution in [3.63, 3.8) is 0 Å². The lowest BCUT2D eigenvalue weighted by Crippen LogP contribution is -2.13. The van der Waals surface area contributed by atoms with Gasteiger partial charge in [0.1, 0.15) is 0 Å². The van der Waals surface area contributed by atoms with Gasteiger partial charge in [0.05, 0.1) is 0 Å². The van der Waals surface area contributed by atoms with Crippen LogP contribution in [0.5, 0.6) is 0 Å². The molecule has 0 fully saturated rings. The molecule has 1 aliphatic carbocycles. The van der Waals surface area contributed by atoms with Crippen molar-refractivity contribution in [1.29, 1.82) is 0 Å². The Bertz CT molecular complexity index is 671. The van der Waals surface area contributed by atoms with Gasteiger partial charge >= 0.3 is 0 Å². The molecule has 1 atom stereocenters. The van der Waals surface area contributed by atoms with Crippen molar-refractivity contribution in [3.05, 3.63) is 45.1 Å². The standard InChI is InChI=1S/C22H31NS/c1-3-5-6-8-19-14-21-20-11-9-16(18(15-23)7-4-2)13-17(20)10-12-22(21)24-19/h9,11,13-14,18H,3-8,10,12,15,23H2,1-2H3. The van der Waals surface area contributed by atoms with Gasteiger partial charge in [-0.25, -0.2) is 0 Å². The topological polar surface area (TPSA) is 26.0 Å². The van der Waals surface area contributed by atoms with Gasteiger partial charge in [-0.1, -0.05) is 51.3 Å². The highest BCUT2D eigenvalue weighted by molar-refractivity contribution is 7.12. The van der Waals surface area contributed by atoms with E-state index in [4.69, 9.17) is 5.73 Å². The Morgan fingerprint density at radius 2 is 1.92 bits per heavy atom. The molecule has 2 heteroatoms. The van der Waals surface area contributed by atoms with Crippen molar-refractivity contribution in [2.45, 2.75) is 71.1 Å². The molecule has 2 N–H and O–H groups in total. The van der Waals surface area contributed by atoms with E-state index >= 15 is 0 Å². The number of fused-ring (bicyclic) bond motifs is 3. The van der Waals surface area contributed by atoms with Gasteiger partial charge < -0.3 is 5.73 Å². The molecule has 0 radical (unpaired) electrons. The van der Waals surface area contributed by atoms with Gasteiger partial charge in [0, 0.05) is 9.75 Å². The second kappa shape index (κ2) is 8.31. The van der Waals surface area contributed by atoms with E-state index in [1.54, 1.807) is 9.75 Å². The maximum Gasteiger partial charge on any atom is 0.0130 e. The zero-order valence-corrected chi connectivity index (χ0v) is 16.1. The van der Waals surface area contributed by atoms with Gasteiger partial charge in [-0.3, -0.25) is 0 Å². The molecule has 0 saturated heterocycles. The minimum atomic E-state index is 0.522. The zero-order valence-electron chi connectivity index (χ0n) is 15.2. The maximum atomic E-state index is 6.01. The molecule has 0 saturated carbocycles. The van der Waals surface area contributed by atoms with Gasteiger partial charge in [-0.2, -0.15) is 0 Å². The summed E-state index contributed by atoms with van der Waals surface area (Å²) in [5, 5.41) is 0. The fourth-order valence-corrected chi connectivity index (χ4v) is 5.15. The number of aryl methyl sites for hydroxylation is 3. The Morgan fingerprint density at radius 1 is 1.04 bits per heavy atom. The van der Waals surface area contributed by atoms with Crippen LogP contribution in [0.25, 0.3) is 11.1 Å². The van der Waals surface area contributed by atoms with Crippen molar-refractivity contribution in [2.24, 2.45) is 5.73 Å². The van der Waals surface area contributed by atoms with E-state index in [-0.39, 0.29) is 0 Å². The lowest BCUT2D eigenvalue weighted by Gasteiger charge is -2.20. The number of unbranched alkanes of at least 4 members (excludes halogenated alkanes) is 2. The molecular formula is C22H31NS. The molecule has 1 aromatic heterocycles. The molecule has 3 rings (SSSR count). The molecule has 130 valence electrons. The van der Waals surface area contributed by atoms with Crippen LogP contribution in [0, 0.1) is 0 Å². The molecule has 0 amide bonds. The second-order valence-electron chi connectivity index (χ2n) is 7.14. The highest BCUT2D eigenvalue weighted by Crippen LogP contribution is 2.40. The smallest absolute Gasteiger partial charge is 0.0130 e. The van der Waals surface area contributed by atoms with E-state index in [2.05, 4.69) is 49.4 Å². The predicted molar refractivity (Wildman–Crippen MR) is 107 cm³/mol.